The summed E-state index contributed by atoms with van der Waals surface area (Å²) < 4.78 is 0. The van der Waals surface area contributed by atoms with Crippen molar-refractivity contribution in [1.82, 2.24) is 4.98 Å². The Morgan fingerprint density at radius 3 is 2.06 bits per heavy atom. The first kappa shape index (κ1) is 14.6. The Labute approximate surface area is 100 Å². The highest BCUT2D eigenvalue weighted by Crippen LogP contribution is 2.26. The molecule has 0 amide bonds. The summed E-state index contributed by atoms with van der Waals surface area (Å²) in [6, 6.07) is 0. The monoisotopic (exact) mass is 267 g/mol. The lowest BCUT2D eigenvalue weighted by Gasteiger charge is -2.03. The molecule has 88 valence electrons. The maximum atomic E-state index is 10.7. The van der Waals surface area contributed by atoms with Gasteiger partial charge in [-0.2, -0.15) is 0 Å². The number of aromatic nitrogens is 1. The molecule has 0 spiro atoms. The molecule has 1 rings (SSSR count). The zero-order valence-electron chi connectivity index (χ0n) is 7.94. The fourth-order valence-corrected chi connectivity index (χ4v) is 1.19. The molecule has 16 heavy (non-hydrogen) atoms. The van der Waals surface area contributed by atoms with Crippen LogP contribution in [0.25, 0.3) is 0 Å². The molecule has 0 aliphatic carbocycles. The third kappa shape index (κ3) is 3.06. The van der Waals surface area contributed by atoms with E-state index in [-0.39, 0.29) is 10.0 Å². The Bertz CT molecular complexity index is 421. The van der Waals surface area contributed by atoms with Gasteiger partial charge in [-0.1, -0.05) is 23.2 Å². The largest absolute Gasteiger partial charge is 0.478 e. The minimum Gasteiger partial charge on any atom is -0.478 e. The fourth-order valence-electron chi connectivity index (χ4n) is 0.823. The van der Waals surface area contributed by atoms with Crippen molar-refractivity contribution in [3.63, 3.8) is 0 Å². The van der Waals surface area contributed by atoms with Crippen LogP contribution in [0.15, 0.2) is 6.20 Å². The molecular weight excluding hydrogens is 261 g/mol. The highest BCUT2D eigenvalue weighted by molar-refractivity contribution is 6.44. The molecule has 0 saturated carbocycles. The normalized spacial score (nSPS) is 9.00. The molecule has 0 bridgehead atoms. The molecule has 6 nitrogen and oxygen atoms in total. The van der Waals surface area contributed by atoms with Crippen LogP contribution in [0.5, 0.6) is 0 Å². The predicted molar refractivity (Wildman–Crippen MR) is 56.3 cm³/mol. The minimum absolute atomic E-state index is 0.103. The van der Waals surface area contributed by atoms with Crippen molar-refractivity contribution >= 4 is 35.1 Å². The molecule has 0 aliphatic heterocycles. The van der Waals surface area contributed by atoms with Crippen LogP contribution >= 0.6 is 23.2 Å². The molecule has 0 fully saturated rings. The maximum Gasteiger partial charge on any atom is 0.355 e. The van der Waals surface area contributed by atoms with Gasteiger partial charge in [0, 0.05) is 13.3 Å². The van der Waals surface area contributed by atoms with Gasteiger partial charge in [-0.15, -0.1) is 0 Å². The van der Waals surface area contributed by atoms with Crippen LogP contribution in [0.3, 0.4) is 0 Å². The molecule has 1 aromatic heterocycles. The lowest BCUT2D eigenvalue weighted by molar-refractivity contribution is 0.0646. The number of aliphatic hydroxyl groups excluding tert-OH is 1. The number of pyridine rings is 1. The van der Waals surface area contributed by atoms with Gasteiger partial charge in [0.1, 0.15) is 5.56 Å². The first-order valence-corrected chi connectivity index (χ1v) is 4.46. The lowest BCUT2D eigenvalue weighted by Crippen LogP contribution is -2.11. The van der Waals surface area contributed by atoms with Crippen LogP contribution in [-0.4, -0.2) is 39.4 Å². The molecule has 1 aromatic rings. The first-order valence-electron chi connectivity index (χ1n) is 3.70. The van der Waals surface area contributed by atoms with E-state index >= 15 is 0 Å². The van der Waals surface area contributed by atoms with Gasteiger partial charge in [0.2, 0.25) is 0 Å². The summed E-state index contributed by atoms with van der Waals surface area (Å²) in [5, 5.41) is 23.8. The van der Waals surface area contributed by atoms with Crippen molar-refractivity contribution < 1.29 is 24.9 Å². The van der Waals surface area contributed by atoms with Crippen LogP contribution in [0.2, 0.25) is 10.0 Å². The summed E-state index contributed by atoms with van der Waals surface area (Å²) in [7, 11) is 1.00. The Hall–Kier alpha value is -1.37. The van der Waals surface area contributed by atoms with E-state index in [9.17, 15) is 9.59 Å². The number of halogens is 2. The van der Waals surface area contributed by atoms with Crippen LogP contribution in [-0.2, 0) is 0 Å². The number of rotatable bonds is 2. The van der Waals surface area contributed by atoms with E-state index in [1.807, 2.05) is 0 Å². The van der Waals surface area contributed by atoms with Gasteiger partial charge in [0.05, 0.1) is 10.0 Å². The molecule has 3 N–H and O–H groups in total. The number of nitrogens with zero attached hydrogens (tertiary/aromatic N) is 1. The van der Waals surface area contributed by atoms with Gasteiger partial charge in [0.15, 0.2) is 5.69 Å². The standard InChI is InChI=1S/C7H3Cl2NO4.CH4O/c8-2-1-10-5(7(13)14)3(4(2)9)6(11)12;1-2/h1H,(H,11,12)(H,13,14);2H,1H3. The van der Waals surface area contributed by atoms with Gasteiger partial charge in [-0.25, -0.2) is 14.6 Å². The Kier molecular flexibility index (Phi) is 5.73. The number of carboxylic acid groups (broad SMARTS) is 2. The van der Waals surface area contributed by atoms with Crippen LogP contribution in [0.4, 0.5) is 0 Å². The fraction of sp³-hybridized carbons (Fsp3) is 0.125. The number of aliphatic hydroxyl groups is 1. The highest BCUT2D eigenvalue weighted by atomic mass is 35.5. The van der Waals surface area contributed by atoms with Crippen molar-refractivity contribution in [2.45, 2.75) is 0 Å². The number of carbonyl (C=O) groups is 2. The molecule has 0 saturated heterocycles. The second-order valence-corrected chi connectivity index (χ2v) is 3.04. The topological polar surface area (TPSA) is 108 Å². The molecule has 0 aliphatic rings. The van der Waals surface area contributed by atoms with Crippen LogP contribution in [0.1, 0.15) is 20.8 Å². The molecule has 0 aromatic carbocycles. The van der Waals surface area contributed by atoms with Gasteiger partial charge < -0.3 is 15.3 Å². The minimum atomic E-state index is -1.48. The first-order chi connectivity index (χ1) is 7.45. The van der Waals surface area contributed by atoms with Crippen LogP contribution < -0.4 is 0 Å². The second-order valence-electron chi connectivity index (χ2n) is 2.25. The molecule has 0 atom stereocenters. The number of hydrogen-bond donors (Lipinski definition) is 3. The van der Waals surface area contributed by atoms with Gasteiger partial charge in [0.25, 0.3) is 0 Å². The predicted octanol–water partition coefficient (Wildman–Crippen LogP) is 1.39. The lowest BCUT2D eigenvalue weighted by atomic mass is 10.2. The summed E-state index contributed by atoms with van der Waals surface area (Å²) >= 11 is 11.0. The zero-order valence-corrected chi connectivity index (χ0v) is 9.45. The van der Waals surface area contributed by atoms with Crippen molar-refractivity contribution in [1.29, 1.82) is 0 Å². The van der Waals surface area contributed by atoms with E-state index in [1.54, 1.807) is 0 Å². The molecule has 0 radical (unpaired) electrons. The number of hydrogen-bond acceptors (Lipinski definition) is 4. The van der Waals surface area contributed by atoms with E-state index < -0.39 is 23.2 Å². The Balaban J connectivity index is 0.00000106. The summed E-state index contributed by atoms with van der Waals surface area (Å²) in [6.45, 7) is 0. The van der Waals surface area contributed by atoms with Crippen molar-refractivity contribution in [3.05, 3.63) is 27.5 Å². The van der Waals surface area contributed by atoms with Crippen molar-refractivity contribution in [3.8, 4) is 0 Å². The molecular formula is C8H7Cl2NO5. The maximum absolute atomic E-state index is 10.7. The summed E-state index contributed by atoms with van der Waals surface area (Å²) in [4.78, 5) is 24.6. The van der Waals surface area contributed by atoms with E-state index in [4.69, 9.17) is 38.5 Å². The number of aromatic carboxylic acids is 2. The number of carboxylic acids is 2. The van der Waals surface area contributed by atoms with Gasteiger partial charge >= 0.3 is 11.9 Å². The molecule has 0 unspecified atom stereocenters. The average Bonchev–Trinajstić information content (AvgIpc) is 2.23. The molecule has 1 heterocycles. The average molecular weight is 268 g/mol. The summed E-state index contributed by atoms with van der Waals surface area (Å²) in [6.07, 6.45) is 0.986. The van der Waals surface area contributed by atoms with Crippen molar-refractivity contribution in [2.75, 3.05) is 7.11 Å². The molecule has 8 heteroatoms. The third-order valence-electron chi connectivity index (χ3n) is 1.39. The summed E-state index contributed by atoms with van der Waals surface area (Å²) in [5.74, 6) is -2.96. The quantitative estimate of drug-likeness (QED) is 0.748. The zero-order chi connectivity index (χ0) is 12.9. The van der Waals surface area contributed by atoms with E-state index in [1.165, 1.54) is 0 Å². The van der Waals surface area contributed by atoms with Gasteiger partial charge in [-0.05, 0) is 0 Å². The second kappa shape index (κ2) is 6.26. The van der Waals surface area contributed by atoms with E-state index in [0.717, 1.165) is 13.3 Å². The summed E-state index contributed by atoms with van der Waals surface area (Å²) in [5.41, 5.74) is -1.24. The Morgan fingerprint density at radius 1 is 1.19 bits per heavy atom. The smallest absolute Gasteiger partial charge is 0.355 e. The van der Waals surface area contributed by atoms with Gasteiger partial charge in [-0.3, -0.25) is 0 Å². The Morgan fingerprint density at radius 2 is 1.69 bits per heavy atom. The highest BCUT2D eigenvalue weighted by Gasteiger charge is 2.22. The van der Waals surface area contributed by atoms with E-state index in [2.05, 4.69) is 4.98 Å². The third-order valence-corrected chi connectivity index (χ3v) is 2.17. The van der Waals surface area contributed by atoms with E-state index in [0.29, 0.717) is 0 Å². The van der Waals surface area contributed by atoms with Crippen molar-refractivity contribution in [2.24, 2.45) is 0 Å². The van der Waals surface area contributed by atoms with Crippen LogP contribution in [0, 0.1) is 0 Å². The SMILES string of the molecule is CO.O=C(O)c1ncc(Cl)c(Cl)c1C(=O)O.